The zero-order valence-corrected chi connectivity index (χ0v) is 20.0. The number of carbonyl (C=O) groups excluding carboxylic acids is 2. The van der Waals surface area contributed by atoms with Gasteiger partial charge >= 0.3 is 0 Å². The molecular weight excluding hydrogens is 444 g/mol. The summed E-state index contributed by atoms with van der Waals surface area (Å²) >= 11 is 0. The molecule has 0 aliphatic carbocycles. The van der Waals surface area contributed by atoms with Gasteiger partial charge in [0.05, 0.1) is 47.3 Å². The molecule has 0 radical (unpaired) electrons. The Hall–Kier alpha value is -4.05. The number of nitrogens with one attached hydrogen (secondary N) is 3. The molecule has 0 unspecified atom stereocenters. The number of amides is 2. The van der Waals surface area contributed by atoms with Crippen LogP contribution in [-0.4, -0.2) is 60.6 Å². The van der Waals surface area contributed by atoms with Crippen molar-refractivity contribution in [2.45, 2.75) is 32.7 Å². The van der Waals surface area contributed by atoms with Crippen molar-refractivity contribution >= 4 is 34.2 Å². The minimum absolute atomic E-state index is 0.0896. The zero-order chi connectivity index (χ0) is 24.5. The number of hydrogen-bond acceptors (Lipinski definition) is 6. The number of pyridine rings is 2. The van der Waals surface area contributed by atoms with Crippen LogP contribution in [-0.2, 0) is 11.8 Å². The van der Waals surface area contributed by atoms with Gasteiger partial charge in [-0.05, 0) is 51.4 Å². The summed E-state index contributed by atoms with van der Waals surface area (Å²) in [6.07, 6.45) is 9.04. The number of likely N-dealkylation sites (tertiary alicyclic amines) is 1. The zero-order valence-electron chi connectivity index (χ0n) is 20.0. The van der Waals surface area contributed by atoms with E-state index < -0.39 is 0 Å². The Morgan fingerprint density at radius 3 is 2.74 bits per heavy atom. The average molecular weight is 473 g/mol. The van der Waals surface area contributed by atoms with Crippen LogP contribution in [0.15, 0.2) is 43.0 Å². The van der Waals surface area contributed by atoms with Crippen LogP contribution in [0.1, 0.15) is 35.8 Å². The number of anilines is 2. The molecule has 4 aromatic rings. The second-order valence-electron chi connectivity index (χ2n) is 9.07. The van der Waals surface area contributed by atoms with Crippen molar-refractivity contribution in [2.75, 3.05) is 23.7 Å². The Bertz CT molecular complexity index is 1410. The fourth-order valence-electron chi connectivity index (χ4n) is 4.39. The predicted molar refractivity (Wildman–Crippen MR) is 134 cm³/mol. The van der Waals surface area contributed by atoms with Gasteiger partial charge in [0, 0.05) is 36.4 Å². The lowest BCUT2D eigenvalue weighted by Crippen LogP contribution is -2.35. The molecule has 0 aromatic carbocycles. The van der Waals surface area contributed by atoms with Crippen molar-refractivity contribution in [2.24, 2.45) is 7.05 Å². The Morgan fingerprint density at radius 1 is 1.14 bits per heavy atom. The first-order chi connectivity index (χ1) is 16.9. The Balaban J connectivity index is 1.29. The standard InChI is InChI=1S/C25H28N8O2/c1-15-5-4-6-33(15)14-23(34)29-20-9-21(16(2)26-12-20)31-25(35)18-7-17-8-22(30-24(17)27-10-18)19-11-28-32(3)13-19/h7-13,15H,4-6,14H2,1-3H3,(H,27,30)(H,29,34)(H,31,35)/t15-/m1/s1. The number of nitrogens with zero attached hydrogens (tertiary/aromatic N) is 5. The van der Waals surface area contributed by atoms with E-state index in [4.69, 9.17) is 0 Å². The van der Waals surface area contributed by atoms with Crippen LogP contribution in [0, 0.1) is 6.92 Å². The lowest BCUT2D eigenvalue weighted by atomic mass is 10.2. The minimum Gasteiger partial charge on any atom is -0.339 e. The topological polar surface area (TPSA) is 121 Å². The van der Waals surface area contributed by atoms with E-state index in [2.05, 4.69) is 42.5 Å². The van der Waals surface area contributed by atoms with Crippen molar-refractivity contribution in [3.8, 4) is 11.3 Å². The van der Waals surface area contributed by atoms with Crippen molar-refractivity contribution in [1.29, 1.82) is 0 Å². The van der Waals surface area contributed by atoms with Gasteiger partial charge in [0.25, 0.3) is 5.91 Å². The van der Waals surface area contributed by atoms with Gasteiger partial charge in [-0.15, -0.1) is 0 Å². The summed E-state index contributed by atoms with van der Waals surface area (Å²) in [6.45, 7) is 5.23. The van der Waals surface area contributed by atoms with E-state index in [0.29, 0.717) is 40.9 Å². The van der Waals surface area contributed by atoms with E-state index in [1.165, 1.54) is 6.20 Å². The van der Waals surface area contributed by atoms with Gasteiger partial charge in [0.15, 0.2) is 0 Å². The van der Waals surface area contributed by atoms with E-state index in [1.807, 2.05) is 19.3 Å². The smallest absolute Gasteiger partial charge is 0.257 e. The van der Waals surface area contributed by atoms with Crippen LogP contribution >= 0.6 is 0 Å². The van der Waals surface area contributed by atoms with Crippen LogP contribution in [0.2, 0.25) is 0 Å². The molecule has 0 saturated carbocycles. The second kappa shape index (κ2) is 9.30. The third-order valence-electron chi connectivity index (χ3n) is 6.40. The van der Waals surface area contributed by atoms with E-state index in [1.54, 1.807) is 36.1 Å². The minimum atomic E-state index is -0.303. The summed E-state index contributed by atoms with van der Waals surface area (Å²) in [5.74, 6) is -0.393. The first-order valence-electron chi connectivity index (χ1n) is 11.7. The summed E-state index contributed by atoms with van der Waals surface area (Å²) < 4.78 is 1.73. The Labute approximate surface area is 202 Å². The molecule has 0 bridgehead atoms. The molecule has 10 nitrogen and oxygen atoms in total. The number of aromatic nitrogens is 5. The molecule has 1 atom stereocenters. The second-order valence-corrected chi connectivity index (χ2v) is 9.07. The summed E-state index contributed by atoms with van der Waals surface area (Å²) in [4.78, 5) is 39.7. The maximum atomic E-state index is 13.0. The molecule has 1 saturated heterocycles. The van der Waals surface area contributed by atoms with E-state index in [0.717, 1.165) is 36.0 Å². The fraction of sp³-hybridized carbons (Fsp3) is 0.320. The molecule has 5 heterocycles. The van der Waals surface area contributed by atoms with Gasteiger partial charge in [-0.2, -0.15) is 5.10 Å². The molecule has 1 aliphatic rings. The highest BCUT2D eigenvalue weighted by Gasteiger charge is 2.22. The Kier molecular flexibility index (Phi) is 6.04. The lowest BCUT2D eigenvalue weighted by Gasteiger charge is -2.20. The van der Waals surface area contributed by atoms with Crippen LogP contribution in [0.25, 0.3) is 22.3 Å². The monoisotopic (exact) mass is 472 g/mol. The highest BCUT2D eigenvalue weighted by atomic mass is 16.2. The molecule has 35 heavy (non-hydrogen) atoms. The first-order valence-corrected chi connectivity index (χ1v) is 11.7. The maximum Gasteiger partial charge on any atom is 0.257 e. The summed E-state index contributed by atoms with van der Waals surface area (Å²) in [6, 6.07) is 5.88. The van der Waals surface area contributed by atoms with Gasteiger partial charge in [-0.3, -0.25) is 24.2 Å². The molecular formula is C25H28N8O2. The van der Waals surface area contributed by atoms with Crippen molar-refractivity contribution in [3.63, 3.8) is 0 Å². The number of aromatic amines is 1. The van der Waals surface area contributed by atoms with Crippen molar-refractivity contribution in [3.05, 3.63) is 54.2 Å². The molecule has 0 spiro atoms. The number of hydrogen-bond donors (Lipinski definition) is 3. The molecule has 1 aliphatic heterocycles. The summed E-state index contributed by atoms with van der Waals surface area (Å²) in [5, 5.41) is 10.8. The molecule has 5 rings (SSSR count). The van der Waals surface area contributed by atoms with Crippen LogP contribution < -0.4 is 10.6 Å². The first kappa shape index (κ1) is 22.7. The maximum absolute atomic E-state index is 13.0. The van der Waals surface area contributed by atoms with Crippen LogP contribution in [0.5, 0.6) is 0 Å². The molecule has 1 fully saturated rings. The van der Waals surface area contributed by atoms with E-state index >= 15 is 0 Å². The third-order valence-corrected chi connectivity index (χ3v) is 6.40. The van der Waals surface area contributed by atoms with Gasteiger partial charge in [-0.25, -0.2) is 4.98 Å². The highest BCUT2D eigenvalue weighted by Crippen LogP contribution is 2.24. The number of aryl methyl sites for hydroxylation is 2. The lowest BCUT2D eigenvalue weighted by molar-refractivity contribution is -0.117. The molecule has 3 N–H and O–H groups in total. The van der Waals surface area contributed by atoms with Crippen LogP contribution in [0.3, 0.4) is 0 Å². The van der Waals surface area contributed by atoms with Crippen LogP contribution in [0.4, 0.5) is 11.4 Å². The predicted octanol–water partition coefficient (Wildman–Crippen LogP) is 3.34. The number of fused-ring (bicyclic) bond motifs is 1. The molecule has 180 valence electrons. The van der Waals surface area contributed by atoms with Gasteiger partial charge < -0.3 is 15.6 Å². The third kappa shape index (κ3) is 4.92. The number of H-pyrrole nitrogens is 1. The van der Waals surface area contributed by atoms with Gasteiger partial charge in [0.1, 0.15) is 5.65 Å². The van der Waals surface area contributed by atoms with E-state index in [-0.39, 0.29) is 11.8 Å². The van der Waals surface area contributed by atoms with Crippen molar-refractivity contribution in [1.82, 2.24) is 29.6 Å². The van der Waals surface area contributed by atoms with Crippen molar-refractivity contribution < 1.29 is 9.59 Å². The van der Waals surface area contributed by atoms with Gasteiger partial charge in [0.2, 0.25) is 5.91 Å². The fourth-order valence-corrected chi connectivity index (χ4v) is 4.39. The molecule has 10 heteroatoms. The summed E-state index contributed by atoms with van der Waals surface area (Å²) in [7, 11) is 1.86. The molecule has 4 aromatic heterocycles. The number of carbonyl (C=O) groups is 2. The SMILES string of the molecule is Cc1ncc(NC(=O)CN2CCC[C@H]2C)cc1NC(=O)c1cnc2[nH]c(-c3cnn(C)c3)cc2c1. The number of rotatable bonds is 6. The molecule has 2 amide bonds. The largest absolute Gasteiger partial charge is 0.339 e. The Morgan fingerprint density at radius 2 is 2.00 bits per heavy atom. The quantitative estimate of drug-likeness (QED) is 0.396. The average Bonchev–Trinajstić information content (AvgIpc) is 3.55. The van der Waals surface area contributed by atoms with E-state index in [9.17, 15) is 9.59 Å². The summed E-state index contributed by atoms with van der Waals surface area (Å²) in [5.41, 5.74) is 4.66. The normalized spacial score (nSPS) is 16.0. The highest BCUT2D eigenvalue weighted by molar-refractivity contribution is 6.06. The van der Waals surface area contributed by atoms with Gasteiger partial charge in [-0.1, -0.05) is 0 Å².